The number of carbonyl (C=O) groups excluding carboxylic acids is 1. The molecule has 2 aromatic heterocycles. The smallest absolute Gasteiger partial charge is 0.410 e. The normalized spacial score (nSPS) is 13.7. The van der Waals surface area contributed by atoms with E-state index >= 15 is 0 Å². The molecule has 0 saturated carbocycles. The van der Waals surface area contributed by atoms with E-state index in [1.54, 1.807) is 16.4 Å². The standard InChI is InChI=1S/C22H25N5O4/c1-14-24-19(25-31-14)16-7-5-15(6-8-16)11-27-13-23-18-12-26(10-9-17(18)20(27)28)21(29)30-22(2,3)4/h5-8,13H,9-12H2,1-4H3. The molecule has 1 amide bonds. The van der Waals surface area contributed by atoms with Gasteiger partial charge in [0.15, 0.2) is 0 Å². The zero-order valence-corrected chi connectivity index (χ0v) is 18.1. The maximum atomic E-state index is 13.0. The van der Waals surface area contributed by atoms with Crippen molar-refractivity contribution in [1.82, 2.24) is 24.6 Å². The van der Waals surface area contributed by atoms with Gasteiger partial charge in [-0.2, -0.15) is 4.98 Å². The summed E-state index contributed by atoms with van der Waals surface area (Å²) in [6.45, 7) is 8.34. The highest BCUT2D eigenvalue weighted by Crippen LogP contribution is 2.19. The Labute approximate surface area is 179 Å². The molecule has 4 rings (SSSR count). The number of nitrogens with zero attached hydrogens (tertiary/aromatic N) is 5. The van der Waals surface area contributed by atoms with Crippen molar-refractivity contribution in [3.63, 3.8) is 0 Å². The van der Waals surface area contributed by atoms with Crippen molar-refractivity contribution < 1.29 is 14.1 Å². The van der Waals surface area contributed by atoms with E-state index in [1.165, 1.54) is 6.33 Å². The minimum absolute atomic E-state index is 0.0771. The molecule has 9 heteroatoms. The average molecular weight is 423 g/mol. The van der Waals surface area contributed by atoms with Gasteiger partial charge in [-0.1, -0.05) is 29.4 Å². The largest absolute Gasteiger partial charge is 0.444 e. The second-order valence-electron chi connectivity index (χ2n) is 8.59. The summed E-state index contributed by atoms with van der Waals surface area (Å²) < 4.78 is 12.0. The Bertz CT molecular complexity index is 1160. The number of hydrogen-bond donors (Lipinski definition) is 0. The molecule has 3 aromatic rings. The molecule has 0 aliphatic carbocycles. The lowest BCUT2D eigenvalue weighted by Crippen LogP contribution is -2.42. The molecule has 0 spiro atoms. The predicted octanol–water partition coefficient (Wildman–Crippen LogP) is 2.94. The highest BCUT2D eigenvalue weighted by atomic mass is 16.6. The second kappa shape index (κ2) is 7.98. The van der Waals surface area contributed by atoms with Crippen LogP contribution in [0.2, 0.25) is 0 Å². The first kappa shape index (κ1) is 20.8. The fraction of sp³-hybridized carbons (Fsp3) is 0.409. The zero-order chi connectivity index (χ0) is 22.2. The first-order chi connectivity index (χ1) is 14.7. The van der Waals surface area contributed by atoms with E-state index in [-0.39, 0.29) is 18.2 Å². The molecule has 3 heterocycles. The molecule has 0 saturated heterocycles. The van der Waals surface area contributed by atoms with Gasteiger partial charge in [0, 0.05) is 24.6 Å². The monoisotopic (exact) mass is 423 g/mol. The Balaban J connectivity index is 1.48. The van der Waals surface area contributed by atoms with E-state index in [0.717, 1.165) is 11.1 Å². The van der Waals surface area contributed by atoms with E-state index in [1.807, 2.05) is 45.0 Å². The van der Waals surface area contributed by atoms with E-state index in [2.05, 4.69) is 15.1 Å². The van der Waals surface area contributed by atoms with Crippen molar-refractivity contribution in [3.8, 4) is 11.4 Å². The molecule has 0 unspecified atom stereocenters. The average Bonchev–Trinajstić information content (AvgIpc) is 3.15. The van der Waals surface area contributed by atoms with Gasteiger partial charge >= 0.3 is 6.09 Å². The maximum absolute atomic E-state index is 13.0. The van der Waals surface area contributed by atoms with Crippen LogP contribution in [0.5, 0.6) is 0 Å². The van der Waals surface area contributed by atoms with Crippen molar-refractivity contribution in [2.24, 2.45) is 0 Å². The fourth-order valence-electron chi connectivity index (χ4n) is 3.43. The molecule has 0 fully saturated rings. The van der Waals surface area contributed by atoms with Crippen LogP contribution in [0.15, 0.2) is 39.9 Å². The van der Waals surface area contributed by atoms with Crippen molar-refractivity contribution in [1.29, 1.82) is 0 Å². The van der Waals surface area contributed by atoms with Crippen molar-refractivity contribution in [2.75, 3.05) is 6.54 Å². The summed E-state index contributed by atoms with van der Waals surface area (Å²) in [5.41, 5.74) is 2.44. The van der Waals surface area contributed by atoms with Crippen LogP contribution in [0.25, 0.3) is 11.4 Å². The van der Waals surface area contributed by atoms with Crippen LogP contribution in [0.4, 0.5) is 4.79 Å². The Morgan fingerprint density at radius 2 is 1.97 bits per heavy atom. The lowest BCUT2D eigenvalue weighted by atomic mass is 10.1. The number of fused-ring (bicyclic) bond motifs is 1. The minimum Gasteiger partial charge on any atom is -0.444 e. The third-order valence-electron chi connectivity index (χ3n) is 4.94. The summed E-state index contributed by atoms with van der Waals surface area (Å²) in [4.78, 5) is 35.6. The Hall–Kier alpha value is -3.49. The van der Waals surface area contributed by atoms with Gasteiger partial charge in [-0.25, -0.2) is 9.78 Å². The number of benzene rings is 1. The maximum Gasteiger partial charge on any atom is 0.410 e. The molecule has 0 atom stereocenters. The van der Waals surface area contributed by atoms with Crippen molar-refractivity contribution in [3.05, 3.63) is 63.7 Å². The molecule has 9 nitrogen and oxygen atoms in total. The van der Waals surface area contributed by atoms with Crippen LogP contribution in [-0.4, -0.2) is 42.8 Å². The van der Waals surface area contributed by atoms with Crippen molar-refractivity contribution >= 4 is 6.09 Å². The number of aromatic nitrogens is 4. The van der Waals surface area contributed by atoms with E-state index in [9.17, 15) is 9.59 Å². The van der Waals surface area contributed by atoms with E-state index in [0.29, 0.717) is 42.5 Å². The van der Waals surface area contributed by atoms with Crippen LogP contribution in [0, 0.1) is 6.92 Å². The van der Waals surface area contributed by atoms with Crippen LogP contribution in [-0.2, 0) is 24.2 Å². The minimum atomic E-state index is -0.563. The quantitative estimate of drug-likeness (QED) is 0.638. The van der Waals surface area contributed by atoms with Crippen molar-refractivity contribution in [2.45, 2.75) is 52.8 Å². The third kappa shape index (κ3) is 4.65. The Kier molecular flexibility index (Phi) is 5.34. The van der Waals surface area contributed by atoms with Gasteiger partial charge in [0.25, 0.3) is 5.56 Å². The summed E-state index contributed by atoms with van der Waals surface area (Å²) in [6, 6.07) is 7.65. The second-order valence-corrected chi connectivity index (χ2v) is 8.59. The first-order valence-corrected chi connectivity index (χ1v) is 10.1. The van der Waals surface area contributed by atoms with Gasteiger partial charge in [0.05, 0.1) is 25.1 Å². The molecule has 1 aromatic carbocycles. The molecule has 0 radical (unpaired) electrons. The van der Waals surface area contributed by atoms with Crippen LogP contribution >= 0.6 is 0 Å². The van der Waals surface area contributed by atoms with Gasteiger partial charge in [0.2, 0.25) is 11.7 Å². The SMILES string of the molecule is Cc1nc(-c2ccc(Cn3cnc4c(c3=O)CCN(C(=O)OC(C)(C)C)C4)cc2)no1. The zero-order valence-electron chi connectivity index (χ0n) is 18.1. The number of rotatable bonds is 3. The summed E-state index contributed by atoms with van der Waals surface area (Å²) in [6.07, 6.45) is 1.61. The molecular formula is C22H25N5O4. The van der Waals surface area contributed by atoms with Gasteiger partial charge in [-0.3, -0.25) is 9.36 Å². The molecule has 0 N–H and O–H groups in total. The molecule has 1 aliphatic heterocycles. The summed E-state index contributed by atoms with van der Waals surface area (Å²) in [5.74, 6) is 1.04. The fourth-order valence-corrected chi connectivity index (χ4v) is 3.43. The summed E-state index contributed by atoms with van der Waals surface area (Å²) >= 11 is 0. The topological polar surface area (TPSA) is 103 Å². The highest BCUT2D eigenvalue weighted by molar-refractivity contribution is 5.68. The van der Waals surface area contributed by atoms with Gasteiger partial charge in [-0.05, 0) is 32.8 Å². The highest BCUT2D eigenvalue weighted by Gasteiger charge is 2.28. The molecule has 0 bridgehead atoms. The molecule has 1 aliphatic rings. The number of ether oxygens (including phenoxy) is 1. The van der Waals surface area contributed by atoms with Crippen LogP contribution in [0.3, 0.4) is 0 Å². The predicted molar refractivity (Wildman–Crippen MR) is 112 cm³/mol. The Morgan fingerprint density at radius 3 is 2.61 bits per heavy atom. The van der Waals surface area contributed by atoms with Gasteiger partial charge < -0.3 is 14.2 Å². The number of aryl methyl sites for hydroxylation is 1. The first-order valence-electron chi connectivity index (χ1n) is 10.1. The van der Waals surface area contributed by atoms with Gasteiger partial charge in [-0.15, -0.1) is 0 Å². The number of hydrogen-bond acceptors (Lipinski definition) is 7. The van der Waals surface area contributed by atoms with Crippen LogP contribution in [0.1, 0.15) is 43.5 Å². The molecular weight excluding hydrogens is 398 g/mol. The molecule has 31 heavy (non-hydrogen) atoms. The van der Waals surface area contributed by atoms with E-state index < -0.39 is 5.60 Å². The summed E-state index contributed by atoms with van der Waals surface area (Å²) in [5, 5.41) is 3.91. The van der Waals surface area contributed by atoms with Crippen LogP contribution < -0.4 is 5.56 Å². The third-order valence-corrected chi connectivity index (χ3v) is 4.94. The lowest BCUT2D eigenvalue weighted by Gasteiger charge is -2.30. The lowest BCUT2D eigenvalue weighted by molar-refractivity contribution is 0.0220. The Morgan fingerprint density at radius 1 is 1.23 bits per heavy atom. The van der Waals surface area contributed by atoms with Gasteiger partial charge in [0.1, 0.15) is 5.60 Å². The number of amides is 1. The van der Waals surface area contributed by atoms with E-state index in [4.69, 9.17) is 9.26 Å². The summed E-state index contributed by atoms with van der Waals surface area (Å²) in [7, 11) is 0. The number of carbonyl (C=O) groups is 1. The molecule has 162 valence electrons.